The summed E-state index contributed by atoms with van der Waals surface area (Å²) in [5, 5.41) is 0. The van der Waals surface area contributed by atoms with Crippen LogP contribution in [0.3, 0.4) is 0 Å². The number of hydrogen-bond acceptors (Lipinski definition) is 1. The molecule has 0 atom stereocenters. The Hall–Kier alpha value is -1.76. The molecule has 2 aromatic rings. The third kappa shape index (κ3) is 8.42. The van der Waals surface area contributed by atoms with Gasteiger partial charge in [-0.15, -0.1) is 0 Å². The van der Waals surface area contributed by atoms with E-state index in [9.17, 15) is 0 Å². The van der Waals surface area contributed by atoms with Gasteiger partial charge in [0.1, 0.15) is 5.75 Å². The minimum atomic E-state index is 0.772. The molecule has 41 heavy (non-hydrogen) atoms. The van der Waals surface area contributed by atoms with Crippen LogP contribution in [0.2, 0.25) is 0 Å². The minimum Gasteiger partial charge on any atom is -0.493 e. The van der Waals surface area contributed by atoms with Crippen LogP contribution in [0.4, 0.5) is 0 Å². The fourth-order valence-corrected chi connectivity index (χ4v) is 8.25. The van der Waals surface area contributed by atoms with Crippen LogP contribution in [-0.2, 0) is 25.7 Å². The van der Waals surface area contributed by atoms with Crippen LogP contribution in [-0.4, -0.2) is 6.61 Å². The summed E-state index contributed by atoms with van der Waals surface area (Å²) in [7, 11) is 0. The van der Waals surface area contributed by atoms with Gasteiger partial charge in [-0.1, -0.05) is 104 Å². The van der Waals surface area contributed by atoms with E-state index in [1.807, 2.05) is 0 Å². The van der Waals surface area contributed by atoms with Crippen molar-refractivity contribution in [1.29, 1.82) is 0 Å². The van der Waals surface area contributed by atoms with Gasteiger partial charge in [0.15, 0.2) is 0 Å². The Morgan fingerprint density at radius 1 is 0.732 bits per heavy atom. The topological polar surface area (TPSA) is 9.23 Å². The molecule has 0 heterocycles. The first-order chi connectivity index (χ1) is 20.0. The average Bonchev–Trinajstić information content (AvgIpc) is 3.02. The van der Waals surface area contributed by atoms with Crippen LogP contribution < -0.4 is 4.74 Å². The Bertz CT molecular complexity index is 1030. The zero-order valence-electron chi connectivity index (χ0n) is 27.7. The van der Waals surface area contributed by atoms with Crippen LogP contribution in [0, 0.1) is 29.6 Å². The lowest BCUT2D eigenvalue weighted by molar-refractivity contribution is 0.148. The minimum absolute atomic E-state index is 0.772. The number of aryl methyl sites for hydroxylation is 2. The highest BCUT2D eigenvalue weighted by Gasteiger charge is 2.29. The molecule has 0 aliphatic heterocycles. The quantitative estimate of drug-likeness (QED) is 0.224. The molecule has 0 unspecified atom stereocenters. The molecular formula is C40H62O. The predicted molar refractivity (Wildman–Crippen MR) is 179 cm³/mol. The van der Waals surface area contributed by atoms with Crippen molar-refractivity contribution < 1.29 is 4.74 Å². The molecule has 2 saturated carbocycles. The maximum absolute atomic E-state index is 6.57. The molecule has 2 aliphatic carbocycles. The number of ether oxygens (including phenoxy) is 1. The first kappa shape index (κ1) is 32.2. The summed E-state index contributed by atoms with van der Waals surface area (Å²) >= 11 is 0. The van der Waals surface area contributed by atoms with Gasteiger partial charge in [-0.3, -0.25) is 0 Å². The van der Waals surface area contributed by atoms with E-state index in [4.69, 9.17) is 4.74 Å². The Balaban J connectivity index is 1.37. The lowest BCUT2D eigenvalue weighted by Crippen LogP contribution is -2.25. The Morgan fingerprint density at radius 3 is 1.90 bits per heavy atom. The Morgan fingerprint density at radius 2 is 1.34 bits per heavy atom. The molecular weight excluding hydrogens is 496 g/mol. The molecule has 0 bridgehead atoms. The van der Waals surface area contributed by atoms with Crippen molar-refractivity contribution in [3.05, 3.63) is 52.6 Å². The van der Waals surface area contributed by atoms with Crippen molar-refractivity contribution in [3.63, 3.8) is 0 Å². The molecule has 0 saturated heterocycles. The van der Waals surface area contributed by atoms with Crippen molar-refractivity contribution in [1.82, 2.24) is 0 Å². The molecule has 0 N–H and O–H groups in total. The smallest absolute Gasteiger partial charge is 0.125 e. The predicted octanol–water partition coefficient (Wildman–Crippen LogP) is 11.8. The first-order valence-corrected chi connectivity index (χ1v) is 17.9. The van der Waals surface area contributed by atoms with Crippen molar-refractivity contribution in [2.45, 2.75) is 144 Å². The monoisotopic (exact) mass is 558 g/mol. The van der Waals surface area contributed by atoms with Gasteiger partial charge in [-0.2, -0.15) is 0 Å². The van der Waals surface area contributed by atoms with E-state index >= 15 is 0 Å². The van der Waals surface area contributed by atoms with Crippen molar-refractivity contribution in [2.75, 3.05) is 6.61 Å². The summed E-state index contributed by atoms with van der Waals surface area (Å²) in [5.74, 6) is 5.96. The van der Waals surface area contributed by atoms with Gasteiger partial charge < -0.3 is 4.74 Å². The fourth-order valence-electron chi connectivity index (χ4n) is 8.25. The van der Waals surface area contributed by atoms with Gasteiger partial charge in [-0.05, 0) is 133 Å². The third-order valence-corrected chi connectivity index (χ3v) is 11.3. The SMILES string of the molecule is CCc1cc(-c2ccc(CCC3CCC(C4CCC(C)CC4)CC3)cc2)c(CC)c(CC)c1OCCC(CC)CC. The number of rotatable bonds is 14. The Kier molecular flexibility index (Phi) is 12.7. The Labute approximate surface area is 254 Å². The highest BCUT2D eigenvalue weighted by molar-refractivity contribution is 5.72. The van der Waals surface area contributed by atoms with E-state index in [1.54, 1.807) is 0 Å². The van der Waals surface area contributed by atoms with E-state index in [0.717, 1.165) is 61.9 Å². The fraction of sp³-hybridized carbons (Fsp3) is 0.700. The van der Waals surface area contributed by atoms with E-state index < -0.39 is 0 Å². The zero-order chi connectivity index (χ0) is 29.2. The zero-order valence-corrected chi connectivity index (χ0v) is 27.7. The summed E-state index contributed by atoms with van der Waals surface area (Å²) in [6.45, 7) is 14.8. The van der Waals surface area contributed by atoms with Crippen LogP contribution in [0.25, 0.3) is 11.1 Å². The van der Waals surface area contributed by atoms with Crippen LogP contribution >= 0.6 is 0 Å². The van der Waals surface area contributed by atoms with Gasteiger partial charge in [0, 0.05) is 0 Å². The van der Waals surface area contributed by atoms with Gasteiger partial charge in [0.05, 0.1) is 6.61 Å². The van der Waals surface area contributed by atoms with Crippen molar-refractivity contribution in [3.8, 4) is 16.9 Å². The van der Waals surface area contributed by atoms with E-state index in [1.165, 1.54) is 116 Å². The summed E-state index contributed by atoms with van der Waals surface area (Å²) < 4.78 is 6.57. The molecule has 0 spiro atoms. The van der Waals surface area contributed by atoms with Gasteiger partial charge in [0.2, 0.25) is 0 Å². The van der Waals surface area contributed by atoms with Crippen LogP contribution in [0.15, 0.2) is 30.3 Å². The van der Waals surface area contributed by atoms with Gasteiger partial charge >= 0.3 is 0 Å². The molecule has 1 heteroatoms. The summed E-state index contributed by atoms with van der Waals surface area (Å²) in [6.07, 6.45) is 21.3. The van der Waals surface area contributed by atoms with E-state index in [-0.39, 0.29) is 0 Å². The van der Waals surface area contributed by atoms with E-state index in [2.05, 4.69) is 71.9 Å². The molecule has 0 aromatic heterocycles. The van der Waals surface area contributed by atoms with Crippen LogP contribution in [0.1, 0.15) is 141 Å². The van der Waals surface area contributed by atoms with Gasteiger partial charge in [-0.25, -0.2) is 0 Å². The second-order valence-corrected chi connectivity index (χ2v) is 13.8. The average molecular weight is 559 g/mol. The molecule has 2 aliphatic rings. The summed E-state index contributed by atoms with van der Waals surface area (Å²) in [4.78, 5) is 0. The van der Waals surface area contributed by atoms with E-state index in [0.29, 0.717) is 0 Å². The molecule has 4 rings (SSSR count). The molecule has 1 nitrogen and oxygen atoms in total. The maximum Gasteiger partial charge on any atom is 0.125 e. The standard InChI is InChI=1S/C40H62O/c1-7-30(8-2)26-27-41-40-33(9-3)28-39(37(10-4)38(40)11-5)36-24-18-32(19-25-36)15-14-31-16-22-35(23-17-31)34-20-12-29(6)13-21-34/h18-19,24-25,28-31,34-35H,7-17,20-23,26-27H2,1-6H3. The highest BCUT2D eigenvalue weighted by Crippen LogP contribution is 2.42. The van der Waals surface area contributed by atoms with Crippen molar-refractivity contribution in [2.24, 2.45) is 29.6 Å². The molecule has 228 valence electrons. The molecule has 2 aromatic carbocycles. The lowest BCUT2D eigenvalue weighted by Gasteiger charge is -2.37. The third-order valence-electron chi connectivity index (χ3n) is 11.3. The second-order valence-electron chi connectivity index (χ2n) is 13.8. The van der Waals surface area contributed by atoms with Crippen LogP contribution in [0.5, 0.6) is 5.75 Å². The molecule has 0 radical (unpaired) electrons. The first-order valence-electron chi connectivity index (χ1n) is 17.9. The van der Waals surface area contributed by atoms with Gasteiger partial charge in [0.25, 0.3) is 0 Å². The highest BCUT2D eigenvalue weighted by atomic mass is 16.5. The lowest BCUT2D eigenvalue weighted by atomic mass is 9.69. The largest absolute Gasteiger partial charge is 0.493 e. The number of hydrogen-bond donors (Lipinski definition) is 0. The summed E-state index contributed by atoms with van der Waals surface area (Å²) in [5.41, 5.74) is 8.62. The second kappa shape index (κ2) is 16.2. The molecule has 0 amide bonds. The van der Waals surface area contributed by atoms with Crippen molar-refractivity contribution >= 4 is 0 Å². The number of benzene rings is 2. The summed E-state index contributed by atoms with van der Waals surface area (Å²) in [6, 6.07) is 12.1. The molecule has 2 fully saturated rings. The maximum atomic E-state index is 6.57. The normalized spacial score (nSPS) is 23.2.